The topological polar surface area (TPSA) is 32.3 Å². The van der Waals surface area contributed by atoms with Gasteiger partial charge in [0.05, 0.1) is 0 Å². The van der Waals surface area contributed by atoms with Crippen molar-refractivity contribution in [3.8, 4) is 0 Å². The Morgan fingerprint density at radius 1 is 1.05 bits per heavy atom. The van der Waals surface area contributed by atoms with E-state index in [1.54, 1.807) is 11.8 Å². The molecule has 1 aromatic heterocycles. The van der Waals surface area contributed by atoms with Gasteiger partial charge in [-0.25, -0.2) is 14.4 Å². The first kappa shape index (κ1) is 15.1. The van der Waals surface area contributed by atoms with Gasteiger partial charge in [0.1, 0.15) is 11.6 Å². The standard InChI is InChI=1S/C16H19FN4S/c1-12-11-18-16(22-2)19-15(12)21-9-7-20(8-10-21)14-5-3-13(17)4-6-14/h3-6,11H,7-10H2,1-2H3. The Kier molecular flexibility index (Phi) is 4.47. The average molecular weight is 318 g/mol. The second kappa shape index (κ2) is 6.52. The minimum Gasteiger partial charge on any atom is -0.368 e. The Morgan fingerprint density at radius 2 is 1.68 bits per heavy atom. The zero-order chi connectivity index (χ0) is 15.5. The van der Waals surface area contributed by atoms with E-state index in [0.717, 1.165) is 48.4 Å². The molecule has 1 fully saturated rings. The quantitative estimate of drug-likeness (QED) is 0.642. The van der Waals surface area contributed by atoms with E-state index >= 15 is 0 Å². The number of piperazine rings is 1. The third-order valence-electron chi connectivity index (χ3n) is 3.88. The summed E-state index contributed by atoms with van der Waals surface area (Å²) in [5.74, 6) is 0.835. The Balaban J connectivity index is 1.70. The van der Waals surface area contributed by atoms with Gasteiger partial charge in [-0.3, -0.25) is 0 Å². The molecule has 0 aliphatic carbocycles. The Labute approximate surface area is 134 Å². The summed E-state index contributed by atoms with van der Waals surface area (Å²) < 4.78 is 13.0. The van der Waals surface area contributed by atoms with E-state index < -0.39 is 0 Å². The molecule has 0 unspecified atom stereocenters. The molecule has 3 rings (SSSR count). The summed E-state index contributed by atoms with van der Waals surface area (Å²) in [5.41, 5.74) is 2.18. The molecule has 116 valence electrons. The van der Waals surface area contributed by atoms with Crippen molar-refractivity contribution < 1.29 is 4.39 Å². The summed E-state index contributed by atoms with van der Waals surface area (Å²) in [7, 11) is 0. The molecule has 1 aromatic carbocycles. The molecule has 2 aromatic rings. The normalized spacial score (nSPS) is 15.2. The minimum atomic E-state index is -0.191. The highest BCUT2D eigenvalue weighted by Gasteiger charge is 2.20. The molecular formula is C16H19FN4S. The lowest BCUT2D eigenvalue weighted by Crippen LogP contribution is -2.47. The van der Waals surface area contributed by atoms with Crippen LogP contribution in [0.15, 0.2) is 35.6 Å². The van der Waals surface area contributed by atoms with Crippen molar-refractivity contribution >= 4 is 23.3 Å². The first-order valence-electron chi connectivity index (χ1n) is 7.30. The monoisotopic (exact) mass is 318 g/mol. The first-order chi connectivity index (χ1) is 10.7. The number of nitrogens with zero attached hydrogens (tertiary/aromatic N) is 4. The van der Waals surface area contributed by atoms with Crippen molar-refractivity contribution in [2.75, 3.05) is 42.2 Å². The van der Waals surface area contributed by atoms with Gasteiger partial charge in [0.25, 0.3) is 0 Å². The Bertz CT molecular complexity index is 639. The third kappa shape index (κ3) is 3.16. The molecule has 2 heterocycles. The van der Waals surface area contributed by atoms with Crippen molar-refractivity contribution in [1.29, 1.82) is 0 Å². The number of halogens is 1. The number of benzene rings is 1. The van der Waals surface area contributed by atoms with Crippen molar-refractivity contribution in [3.63, 3.8) is 0 Å². The van der Waals surface area contributed by atoms with Crippen molar-refractivity contribution in [2.24, 2.45) is 0 Å². The van der Waals surface area contributed by atoms with Crippen LogP contribution in [-0.2, 0) is 0 Å². The van der Waals surface area contributed by atoms with Gasteiger partial charge in [-0.15, -0.1) is 0 Å². The van der Waals surface area contributed by atoms with Gasteiger partial charge in [0.15, 0.2) is 5.16 Å². The van der Waals surface area contributed by atoms with Crippen LogP contribution in [-0.4, -0.2) is 42.4 Å². The molecule has 4 nitrogen and oxygen atoms in total. The Morgan fingerprint density at radius 3 is 2.32 bits per heavy atom. The second-order valence-corrected chi connectivity index (χ2v) is 6.09. The minimum absolute atomic E-state index is 0.191. The van der Waals surface area contributed by atoms with Gasteiger partial charge in [0, 0.05) is 43.6 Å². The summed E-state index contributed by atoms with van der Waals surface area (Å²) in [6, 6.07) is 6.71. The number of hydrogen-bond acceptors (Lipinski definition) is 5. The molecule has 1 saturated heterocycles. The highest BCUT2D eigenvalue weighted by molar-refractivity contribution is 7.98. The highest BCUT2D eigenvalue weighted by Crippen LogP contribution is 2.23. The molecule has 0 atom stereocenters. The SMILES string of the molecule is CSc1ncc(C)c(N2CCN(c3ccc(F)cc3)CC2)n1. The smallest absolute Gasteiger partial charge is 0.189 e. The van der Waals surface area contributed by atoms with Gasteiger partial charge in [0.2, 0.25) is 0 Å². The van der Waals surface area contributed by atoms with Crippen molar-refractivity contribution in [3.05, 3.63) is 41.8 Å². The zero-order valence-electron chi connectivity index (χ0n) is 12.8. The van der Waals surface area contributed by atoms with Crippen LogP contribution in [0.1, 0.15) is 5.56 Å². The van der Waals surface area contributed by atoms with Crippen LogP contribution in [0.2, 0.25) is 0 Å². The molecule has 22 heavy (non-hydrogen) atoms. The van der Waals surface area contributed by atoms with Crippen molar-refractivity contribution in [2.45, 2.75) is 12.1 Å². The maximum absolute atomic E-state index is 13.0. The molecule has 1 aliphatic heterocycles. The second-order valence-electron chi connectivity index (χ2n) is 5.31. The van der Waals surface area contributed by atoms with Gasteiger partial charge >= 0.3 is 0 Å². The summed E-state index contributed by atoms with van der Waals surface area (Å²) in [4.78, 5) is 13.5. The van der Waals surface area contributed by atoms with E-state index in [0.29, 0.717) is 0 Å². The third-order valence-corrected chi connectivity index (χ3v) is 4.44. The van der Waals surface area contributed by atoms with Crippen LogP contribution >= 0.6 is 11.8 Å². The number of rotatable bonds is 3. The molecule has 0 amide bonds. The van der Waals surface area contributed by atoms with Gasteiger partial charge in [-0.05, 0) is 37.4 Å². The predicted molar refractivity (Wildman–Crippen MR) is 89.4 cm³/mol. The lowest BCUT2D eigenvalue weighted by molar-refractivity contribution is 0.623. The lowest BCUT2D eigenvalue weighted by Gasteiger charge is -2.37. The van der Waals surface area contributed by atoms with E-state index in [4.69, 9.17) is 0 Å². The molecular weight excluding hydrogens is 299 g/mol. The summed E-state index contributed by atoms with van der Waals surface area (Å²) in [5, 5.41) is 0.807. The number of anilines is 2. The molecule has 0 saturated carbocycles. The van der Waals surface area contributed by atoms with E-state index in [9.17, 15) is 4.39 Å². The summed E-state index contributed by atoms with van der Waals surface area (Å²) in [6.45, 7) is 5.67. The van der Waals surface area contributed by atoms with Crippen LogP contribution in [0.25, 0.3) is 0 Å². The van der Waals surface area contributed by atoms with Crippen LogP contribution in [0, 0.1) is 12.7 Å². The fourth-order valence-corrected chi connectivity index (χ4v) is 3.00. The lowest BCUT2D eigenvalue weighted by atomic mass is 10.2. The van der Waals surface area contributed by atoms with Crippen LogP contribution in [0.5, 0.6) is 0 Å². The van der Waals surface area contributed by atoms with Gasteiger partial charge < -0.3 is 9.80 Å². The number of aromatic nitrogens is 2. The van der Waals surface area contributed by atoms with E-state index in [-0.39, 0.29) is 5.82 Å². The molecule has 0 radical (unpaired) electrons. The molecule has 0 spiro atoms. The molecule has 0 bridgehead atoms. The van der Waals surface area contributed by atoms with E-state index in [1.165, 1.54) is 12.1 Å². The summed E-state index contributed by atoms with van der Waals surface area (Å²) in [6.07, 6.45) is 3.88. The summed E-state index contributed by atoms with van der Waals surface area (Å²) >= 11 is 1.56. The van der Waals surface area contributed by atoms with Crippen LogP contribution in [0.4, 0.5) is 15.9 Å². The number of aryl methyl sites for hydroxylation is 1. The van der Waals surface area contributed by atoms with Crippen LogP contribution < -0.4 is 9.80 Å². The average Bonchev–Trinajstić information content (AvgIpc) is 2.56. The Hall–Kier alpha value is -1.82. The largest absolute Gasteiger partial charge is 0.368 e. The predicted octanol–water partition coefficient (Wildman–Crippen LogP) is 2.97. The molecule has 0 N–H and O–H groups in total. The molecule has 1 aliphatic rings. The number of hydrogen-bond donors (Lipinski definition) is 0. The van der Waals surface area contributed by atoms with Crippen LogP contribution in [0.3, 0.4) is 0 Å². The fourth-order valence-electron chi connectivity index (χ4n) is 2.66. The number of thioether (sulfide) groups is 1. The van der Waals surface area contributed by atoms with Gasteiger partial charge in [-0.1, -0.05) is 11.8 Å². The van der Waals surface area contributed by atoms with Crippen molar-refractivity contribution in [1.82, 2.24) is 9.97 Å². The zero-order valence-corrected chi connectivity index (χ0v) is 13.6. The highest BCUT2D eigenvalue weighted by atomic mass is 32.2. The van der Waals surface area contributed by atoms with E-state index in [1.807, 2.05) is 31.5 Å². The first-order valence-corrected chi connectivity index (χ1v) is 8.53. The van der Waals surface area contributed by atoms with Gasteiger partial charge in [-0.2, -0.15) is 0 Å². The molecule has 6 heteroatoms. The fraction of sp³-hybridized carbons (Fsp3) is 0.375. The van der Waals surface area contributed by atoms with E-state index in [2.05, 4.69) is 19.8 Å². The maximum atomic E-state index is 13.0. The maximum Gasteiger partial charge on any atom is 0.189 e.